The molecule has 0 amide bonds. The molecule has 0 unspecified atom stereocenters. The van der Waals surface area contributed by atoms with E-state index in [0.717, 1.165) is 11.1 Å². The highest BCUT2D eigenvalue weighted by molar-refractivity contribution is 7.15. The van der Waals surface area contributed by atoms with Crippen LogP contribution < -0.4 is 15.7 Å². The molecule has 0 saturated heterocycles. The molecule has 4 nitrogen and oxygen atoms in total. The minimum Gasteiger partial charge on any atom is -0.267 e. The van der Waals surface area contributed by atoms with Gasteiger partial charge in [0.1, 0.15) is 0 Å². The van der Waals surface area contributed by atoms with Crippen LogP contribution in [0.1, 0.15) is 48.7 Å². The maximum Gasteiger partial charge on any atom is 0.277 e. The van der Waals surface area contributed by atoms with Gasteiger partial charge in [0.15, 0.2) is 0 Å². The molecule has 0 aliphatic heterocycles. The van der Waals surface area contributed by atoms with Crippen molar-refractivity contribution in [2.45, 2.75) is 39.5 Å². The summed E-state index contributed by atoms with van der Waals surface area (Å²) in [5.74, 6) is 0. The van der Waals surface area contributed by atoms with E-state index < -0.39 is 0 Å². The lowest BCUT2D eigenvalue weighted by Crippen LogP contribution is -2.27. The third kappa shape index (κ3) is 3.85. The number of nitrogens with zero attached hydrogens (tertiary/aromatic N) is 2. The van der Waals surface area contributed by atoms with Gasteiger partial charge in [0, 0.05) is 17.7 Å². The van der Waals surface area contributed by atoms with Gasteiger partial charge in [-0.05, 0) is 35.1 Å². The lowest BCUT2D eigenvalue weighted by atomic mass is 9.87. The van der Waals surface area contributed by atoms with Crippen LogP contribution in [0.25, 0.3) is 11.0 Å². The van der Waals surface area contributed by atoms with Gasteiger partial charge in [0.25, 0.3) is 11.1 Å². The normalized spacial score (nSPS) is 12.6. The van der Waals surface area contributed by atoms with Crippen molar-refractivity contribution in [2.75, 3.05) is 0 Å². The van der Waals surface area contributed by atoms with E-state index in [0.29, 0.717) is 27.2 Å². The molecule has 0 aliphatic rings. The third-order valence-corrected chi connectivity index (χ3v) is 6.30. The van der Waals surface area contributed by atoms with Gasteiger partial charge in [0.2, 0.25) is 4.96 Å². The van der Waals surface area contributed by atoms with Gasteiger partial charge >= 0.3 is 0 Å². The van der Waals surface area contributed by atoms with Gasteiger partial charge in [-0.15, -0.1) is 0 Å². The number of benzene rings is 2. The van der Waals surface area contributed by atoms with Gasteiger partial charge in [-0.2, -0.15) is 4.98 Å². The summed E-state index contributed by atoms with van der Waals surface area (Å²) in [5, 5.41) is 0. The predicted octanol–water partition coefficient (Wildman–Crippen LogP) is 3.86. The van der Waals surface area contributed by atoms with Crippen molar-refractivity contribution in [3.63, 3.8) is 0 Å². The largest absolute Gasteiger partial charge is 0.277 e. The van der Waals surface area contributed by atoms with Crippen molar-refractivity contribution in [1.82, 2.24) is 9.38 Å². The van der Waals surface area contributed by atoms with E-state index in [4.69, 9.17) is 0 Å². The van der Waals surface area contributed by atoms with E-state index in [9.17, 15) is 9.59 Å². The molecule has 0 atom stereocenters. The smallest absolute Gasteiger partial charge is 0.267 e. The Labute approximate surface area is 179 Å². The zero-order chi connectivity index (χ0) is 21.5. The fourth-order valence-corrected chi connectivity index (χ4v) is 4.53. The SMILES string of the molecule is Cc1c(Cc2ccccc2)c(=O)nc2sc(=Cc3ccc(C(C)(C)C)cc3)c(=O)n12. The van der Waals surface area contributed by atoms with Gasteiger partial charge in [0.05, 0.1) is 4.53 Å². The molecule has 4 rings (SSSR count). The van der Waals surface area contributed by atoms with Gasteiger partial charge in [-0.1, -0.05) is 86.7 Å². The predicted molar refractivity (Wildman–Crippen MR) is 124 cm³/mol. The van der Waals surface area contributed by atoms with Crippen molar-refractivity contribution < 1.29 is 0 Å². The highest BCUT2D eigenvalue weighted by Gasteiger charge is 2.15. The highest BCUT2D eigenvalue weighted by atomic mass is 32.1. The van der Waals surface area contributed by atoms with Crippen molar-refractivity contribution in [3.8, 4) is 0 Å². The summed E-state index contributed by atoms with van der Waals surface area (Å²) < 4.78 is 2.14. The summed E-state index contributed by atoms with van der Waals surface area (Å²) in [6.07, 6.45) is 2.33. The number of aromatic nitrogens is 2. The van der Waals surface area contributed by atoms with E-state index in [1.54, 1.807) is 4.40 Å². The molecule has 0 saturated carbocycles. The summed E-state index contributed by atoms with van der Waals surface area (Å²) in [6, 6.07) is 18.0. The molecule has 2 heterocycles. The van der Waals surface area contributed by atoms with Crippen LogP contribution in [0.5, 0.6) is 0 Å². The lowest BCUT2D eigenvalue weighted by Gasteiger charge is -2.18. The van der Waals surface area contributed by atoms with Crippen LogP contribution in [-0.2, 0) is 11.8 Å². The van der Waals surface area contributed by atoms with Crippen LogP contribution in [0.4, 0.5) is 0 Å². The first kappa shape index (κ1) is 20.2. The Morgan fingerprint density at radius 3 is 2.30 bits per heavy atom. The quantitative estimate of drug-likeness (QED) is 0.510. The minimum absolute atomic E-state index is 0.0798. The Balaban J connectivity index is 1.81. The molecular weight excluding hydrogens is 392 g/mol. The first-order valence-electron chi connectivity index (χ1n) is 9.95. The second-order valence-corrected chi connectivity index (χ2v) is 9.56. The molecule has 30 heavy (non-hydrogen) atoms. The second-order valence-electron chi connectivity index (χ2n) is 8.55. The Morgan fingerprint density at radius 1 is 1.00 bits per heavy atom. The molecule has 0 radical (unpaired) electrons. The Kier molecular flexibility index (Phi) is 5.16. The fourth-order valence-electron chi connectivity index (χ4n) is 3.52. The number of hydrogen-bond donors (Lipinski definition) is 0. The number of thiazole rings is 1. The molecular formula is C25H24N2O2S. The summed E-state index contributed by atoms with van der Waals surface area (Å²) in [7, 11) is 0. The van der Waals surface area contributed by atoms with Crippen LogP contribution in [-0.4, -0.2) is 9.38 Å². The van der Waals surface area contributed by atoms with Crippen LogP contribution in [0.3, 0.4) is 0 Å². The molecule has 152 valence electrons. The molecule has 0 fully saturated rings. The number of hydrogen-bond acceptors (Lipinski definition) is 4. The second kappa shape index (κ2) is 7.65. The van der Waals surface area contributed by atoms with Crippen molar-refractivity contribution in [1.29, 1.82) is 0 Å². The van der Waals surface area contributed by atoms with Crippen molar-refractivity contribution in [2.24, 2.45) is 0 Å². The van der Waals surface area contributed by atoms with E-state index in [2.05, 4.69) is 37.9 Å². The molecule has 4 aromatic rings. The first-order chi connectivity index (χ1) is 14.2. The summed E-state index contributed by atoms with van der Waals surface area (Å²) >= 11 is 1.26. The standard InChI is InChI=1S/C25H24N2O2S/c1-16-20(14-17-8-6-5-7-9-17)22(28)26-24-27(16)23(29)21(30-24)15-18-10-12-19(13-11-18)25(2,3)4/h5-13,15H,14H2,1-4H3. The molecule has 5 heteroatoms. The minimum atomic E-state index is -0.265. The molecule has 2 aromatic carbocycles. The topological polar surface area (TPSA) is 51.4 Å². The Morgan fingerprint density at radius 2 is 1.67 bits per heavy atom. The Hall–Kier alpha value is -3.05. The van der Waals surface area contributed by atoms with E-state index in [-0.39, 0.29) is 16.5 Å². The fraction of sp³-hybridized carbons (Fsp3) is 0.240. The van der Waals surface area contributed by atoms with Crippen molar-refractivity contribution in [3.05, 3.63) is 108 Å². The summed E-state index contributed by atoms with van der Waals surface area (Å²) in [5.41, 5.74) is 4.13. The first-order valence-corrected chi connectivity index (χ1v) is 10.8. The van der Waals surface area contributed by atoms with Crippen LogP contribution in [0.15, 0.2) is 64.2 Å². The third-order valence-electron chi connectivity index (χ3n) is 5.33. The summed E-state index contributed by atoms with van der Waals surface area (Å²) in [6.45, 7) is 8.34. The highest BCUT2D eigenvalue weighted by Crippen LogP contribution is 2.22. The molecule has 0 N–H and O–H groups in total. The summed E-state index contributed by atoms with van der Waals surface area (Å²) in [4.78, 5) is 30.4. The average Bonchev–Trinajstić information content (AvgIpc) is 3.01. The monoisotopic (exact) mass is 416 g/mol. The zero-order valence-corrected chi connectivity index (χ0v) is 18.4. The molecule has 0 spiro atoms. The van der Waals surface area contributed by atoms with E-state index in [1.807, 2.05) is 55.5 Å². The molecule has 0 bridgehead atoms. The van der Waals surface area contributed by atoms with Gasteiger partial charge in [-0.3, -0.25) is 14.0 Å². The maximum atomic E-state index is 13.1. The average molecular weight is 417 g/mol. The van der Waals surface area contributed by atoms with Crippen LogP contribution in [0, 0.1) is 6.92 Å². The van der Waals surface area contributed by atoms with Crippen LogP contribution in [0.2, 0.25) is 0 Å². The van der Waals surface area contributed by atoms with Crippen molar-refractivity contribution >= 4 is 22.4 Å². The number of aryl methyl sites for hydroxylation is 1. The molecule has 0 aliphatic carbocycles. The molecule has 2 aromatic heterocycles. The van der Waals surface area contributed by atoms with Gasteiger partial charge in [-0.25, -0.2) is 0 Å². The van der Waals surface area contributed by atoms with E-state index in [1.165, 1.54) is 16.9 Å². The maximum absolute atomic E-state index is 13.1. The number of fused-ring (bicyclic) bond motifs is 1. The van der Waals surface area contributed by atoms with Gasteiger partial charge < -0.3 is 0 Å². The number of rotatable bonds is 3. The van der Waals surface area contributed by atoms with Crippen LogP contribution >= 0.6 is 11.3 Å². The zero-order valence-electron chi connectivity index (χ0n) is 17.6. The van der Waals surface area contributed by atoms with E-state index >= 15 is 0 Å². The lowest BCUT2D eigenvalue weighted by molar-refractivity contribution is 0.590. The Bertz CT molecular complexity index is 1380.